The smallest absolute Gasteiger partial charge is 0.161 e. The first-order valence-electron chi connectivity index (χ1n) is 4.58. The third-order valence-electron chi connectivity index (χ3n) is 1.78. The zero-order valence-electron chi connectivity index (χ0n) is 8.34. The fourth-order valence-corrected chi connectivity index (χ4v) is 2.06. The molecule has 3 heteroatoms. The van der Waals surface area contributed by atoms with Gasteiger partial charge in [-0.2, -0.15) is 0 Å². The van der Waals surface area contributed by atoms with Crippen molar-refractivity contribution in [3.63, 3.8) is 0 Å². The van der Waals surface area contributed by atoms with Gasteiger partial charge in [0, 0.05) is 10.5 Å². The summed E-state index contributed by atoms with van der Waals surface area (Å²) in [6, 6.07) is 4.37. The summed E-state index contributed by atoms with van der Waals surface area (Å²) in [6.45, 7) is 3.54. The Morgan fingerprint density at radius 1 is 1.50 bits per heavy atom. The molecule has 1 rings (SSSR count). The SMILES string of the molecule is CCCSc1ccc(F)cc1C(C)=O. The van der Waals surface area contributed by atoms with Crippen LogP contribution < -0.4 is 0 Å². The third-order valence-corrected chi connectivity index (χ3v) is 3.06. The summed E-state index contributed by atoms with van der Waals surface area (Å²) in [5.41, 5.74) is 0.489. The molecule has 0 spiro atoms. The van der Waals surface area contributed by atoms with Gasteiger partial charge in [-0.15, -0.1) is 11.8 Å². The molecule has 0 aliphatic heterocycles. The average molecular weight is 212 g/mol. The monoisotopic (exact) mass is 212 g/mol. The van der Waals surface area contributed by atoms with Crippen molar-refractivity contribution in [3.8, 4) is 0 Å². The van der Waals surface area contributed by atoms with Gasteiger partial charge in [-0.3, -0.25) is 4.79 Å². The average Bonchev–Trinajstić information content (AvgIpc) is 2.15. The van der Waals surface area contributed by atoms with Gasteiger partial charge < -0.3 is 0 Å². The summed E-state index contributed by atoms with van der Waals surface area (Å²) in [5.74, 6) is 0.519. The van der Waals surface area contributed by atoms with Gasteiger partial charge in [0.2, 0.25) is 0 Å². The van der Waals surface area contributed by atoms with E-state index in [9.17, 15) is 9.18 Å². The lowest BCUT2D eigenvalue weighted by molar-refractivity contribution is 0.101. The number of rotatable bonds is 4. The van der Waals surface area contributed by atoms with Crippen molar-refractivity contribution in [3.05, 3.63) is 29.6 Å². The van der Waals surface area contributed by atoms with Crippen LogP contribution in [0.5, 0.6) is 0 Å². The van der Waals surface area contributed by atoms with E-state index >= 15 is 0 Å². The molecule has 0 aliphatic carbocycles. The van der Waals surface area contributed by atoms with E-state index in [0.717, 1.165) is 17.1 Å². The van der Waals surface area contributed by atoms with Gasteiger partial charge >= 0.3 is 0 Å². The first-order valence-corrected chi connectivity index (χ1v) is 5.57. The van der Waals surface area contributed by atoms with Crippen LogP contribution in [0.1, 0.15) is 30.6 Å². The summed E-state index contributed by atoms with van der Waals surface area (Å²) in [4.78, 5) is 12.1. The maximum Gasteiger partial charge on any atom is 0.161 e. The van der Waals surface area contributed by atoms with E-state index < -0.39 is 0 Å². The second-order valence-corrected chi connectivity index (χ2v) is 4.18. The Kier molecular flexibility index (Phi) is 4.14. The Morgan fingerprint density at radius 3 is 2.79 bits per heavy atom. The highest BCUT2D eigenvalue weighted by molar-refractivity contribution is 7.99. The summed E-state index contributed by atoms with van der Waals surface area (Å²) in [7, 11) is 0. The number of carbonyl (C=O) groups excluding carboxylic acids is 1. The van der Waals surface area contributed by atoms with Gasteiger partial charge in [0.15, 0.2) is 5.78 Å². The molecule has 1 aromatic carbocycles. The van der Waals surface area contributed by atoms with Crippen molar-refractivity contribution in [2.45, 2.75) is 25.2 Å². The molecule has 76 valence electrons. The minimum Gasteiger partial charge on any atom is -0.294 e. The van der Waals surface area contributed by atoms with E-state index in [2.05, 4.69) is 6.92 Å². The van der Waals surface area contributed by atoms with Gasteiger partial charge in [0.25, 0.3) is 0 Å². The maximum atomic E-state index is 12.9. The molecule has 0 radical (unpaired) electrons. The molecule has 0 saturated carbocycles. The van der Waals surface area contributed by atoms with Crippen LogP contribution in [0.3, 0.4) is 0 Å². The van der Waals surface area contributed by atoms with Gasteiger partial charge in [-0.25, -0.2) is 4.39 Å². The molecule has 0 amide bonds. The number of thioether (sulfide) groups is 1. The number of benzene rings is 1. The Labute approximate surface area is 87.7 Å². The Bertz CT molecular complexity index is 336. The number of carbonyl (C=O) groups is 1. The van der Waals surface area contributed by atoms with Gasteiger partial charge in [0.1, 0.15) is 5.82 Å². The molecule has 0 bridgehead atoms. The van der Waals surface area contributed by atoms with Crippen LogP contribution in [0.4, 0.5) is 4.39 Å². The molecule has 0 heterocycles. The van der Waals surface area contributed by atoms with Crippen LogP contribution >= 0.6 is 11.8 Å². The summed E-state index contributed by atoms with van der Waals surface area (Å²) in [5, 5.41) is 0. The van der Waals surface area contributed by atoms with Crippen molar-refractivity contribution in [2.24, 2.45) is 0 Å². The summed E-state index contributed by atoms with van der Waals surface area (Å²) < 4.78 is 12.9. The standard InChI is InChI=1S/C11H13FOS/c1-3-6-14-11-5-4-9(12)7-10(11)8(2)13/h4-5,7H,3,6H2,1-2H3. The van der Waals surface area contributed by atoms with Crippen molar-refractivity contribution in [1.82, 2.24) is 0 Å². The second-order valence-electron chi connectivity index (χ2n) is 3.05. The Balaban J connectivity index is 2.96. The van der Waals surface area contributed by atoms with E-state index in [1.54, 1.807) is 17.8 Å². The zero-order valence-corrected chi connectivity index (χ0v) is 9.16. The third kappa shape index (κ3) is 2.84. The largest absolute Gasteiger partial charge is 0.294 e. The van der Waals surface area contributed by atoms with Gasteiger partial charge in [0.05, 0.1) is 0 Å². The number of hydrogen-bond donors (Lipinski definition) is 0. The van der Waals surface area contributed by atoms with Gasteiger partial charge in [-0.05, 0) is 37.3 Å². The molecule has 0 atom stereocenters. The molecule has 14 heavy (non-hydrogen) atoms. The lowest BCUT2D eigenvalue weighted by Gasteiger charge is -2.05. The van der Waals surface area contributed by atoms with Crippen LogP contribution in [0, 0.1) is 5.82 Å². The maximum absolute atomic E-state index is 12.9. The Morgan fingerprint density at radius 2 is 2.21 bits per heavy atom. The van der Waals surface area contributed by atoms with E-state index in [1.165, 1.54) is 19.1 Å². The van der Waals surface area contributed by atoms with Crippen molar-refractivity contribution in [1.29, 1.82) is 0 Å². The number of hydrogen-bond acceptors (Lipinski definition) is 2. The van der Waals surface area contributed by atoms with E-state index in [-0.39, 0.29) is 11.6 Å². The van der Waals surface area contributed by atoms with Crippen LogP contribution in [0.25, 0.3) is 0 Å². The van der Waals surface area contributed by atoms with Crippen molar-refractivity contribution in [2.75, 3.05) is 5.75 Å². The summed E-state index contributed by atoms with van der Waals surface area (Å²) >= 11 is 1.60. The van der Waals surface area contributed by atoms with E-state index in [1.807, 2.05) is 0 Å². The molecule has 0 fully saturated rings. The number of ketones is 1. The zero-order chi connectivity index (χ0) is 10.6. The highest BCUT2D eigenvalue weighted by Crippen LogP contribution is 2.24. The van der Waals surface area contributed by atoms with Crippen LogP contribution in [0.2, 0.25) is 0 Å². The molecular weight excluding hydrogens is 199 g/mol. The molecule has 0 saturated heterocycles. The lowest BCUT2D eigenvalue weighted by atomic mass is 10.1. The molecule has 0 aliphatic rings. The highest BCUT2D eigenvalue weighted by atomic mass is 32.2. The predicted octanol–water partition coefficient (Wildman–Crippen LogP) is 3.53. The Hall–Kier alpha value is -0.830. The number of halogens is 1. The second kappa shape index (κ2) is 5.15. The molecule has 1 aromatic rings. The molecule has 1 nitrogen and oxygen atoms in total. The molecule has 0 aromatic heterocycles. The fourth-order valence-electron chi connectivity index (χ4n) is 1.12. The van der Waals surface area contributed by atoms with Crippen molar-refractivity contribution >= 4 is 17.5 Å². The summed E-state index contributed by atoms with van der Waals surface area (Å²) in [6.07, 6.45) is 1.04. The first kappa shape index (κ1) is 11.2. The van der Waals surface area contributed by atoms with Crippen LogP contribution in [-0.2, 0) is 0 Å². The minimum atomic E-state index is -0.351. The predicted molar refractivity (Wildman–Crippen MR) is 57.4 cm³/mol. The normalized spacial score (nSPS) is 10.2. The highest BCUT2D eigenvalue weighted by Gasteiger charge is 2.08. The van der Waals surface area contributed by atoms with Gasteiger partial charge in [-0.1, -0.05) is 6.92 Å². The molecular formula is C11H13FOS. The first-order chi connectivity index (χ1) is 6.65. The molecule has 0 unspecified atom stereocenters. The molecule has 0 N–H and O–H groups in total. The minimum absolute atomic E-state index is 0.0805. The van der Waals surface area contributed by atoms with Crippen LogP contribution in [0.15, 0.2) is 23.1 Å². The van der Waals surface area contributed by atoms with Crippen molar-refractivity contribution < 1.29 is 9.18 Å². The van der Waals surface area contributed by atoms with Crippen LogP contribution in [-0.4, -0.2) is 11.5 Å². The van der Waals surface area contributed by atoms with E-state index in [4.69, 9.17) is 0 Å². The van der Waals surface area contributed by atoms with E-state index in [0.29, 0.717) is 5.56 Å². The number of Topliss-reactive ketones (excluding diaryl/α,β-unsaturated/α-hetero) is 1. The topological polar surface area (TPSA) is 17.1 Å². The quantitative estimate of drug-likeness (QED) is 0.561. The lowest BCUT2D eigenvalue weighted by Crippen LogP contribution is -1.96. The fraction of sp³-hybridized carbons (Fsp3) is 0.364.